The van der Waals surface area contributed by atoms with Crippen molar-refractivity contribution in [2.75, 3.05) is 5.32 Å². The number of hydrogen-bond acceptors (Lipinski definition) is 3. The first-order valence-corrected chi connectivity index (χ1v) is 7.74. The van der Waals surface area contributed by atoms with Gasteiger partial charge in [0, 0.05) is 30.2 Å². The van der Waals surface area contributed by atoms with Crippen LogP contribution in [0.2, 0.25) is 0 Å². The average Bonchev–Trinajstić information content (AvgIpc) is 3.00. The minimum absolute atomic E-state index is 0.198. The van der Waals surface area contributed by atoms with E-state index in [1.165, 1.54) is 5.56 Å². The summed E-state index contributed by atoms with van der Waals surface area (Å²) in [6.45, 7) is 0.737. The second-order valence-electron chi connectivity index (χ2n) is 5.60. The molecule has 118 valence electrons. The summed E-state index contributed by atoms with van der Waals surface area (Å²) in [5, 5.41) is 3.46. The van der Waals surface area contributed by atoms with Crippen LogP contribution in [0.25, 0.3) is 22.2 Å². The molecule has 0 saturated heterocycles. The second kappa shape index (κ2) is 6.04. The quantitative estimate of drug-likeness (QED) is 0.539. The second-order valence-corrected chi connectivity index (χ2v) is 5.60. The Bertz CT molecular complexity index is 1030. The number of rotatable bonds is 4. The number of benzene rings is 2. The van der Waals surface area contributed by atoms with Crippen LogP contribution >= 0.6 is 0 Å². The summed E-state index contributed by atoms with van der Waals surface area (Å²) >= 11 is 0. The van der Waals surface area contributed by atoms with Gasteiger partial charge in [-0.1, -0.05) is 36.4 Å². The van der Waals surface area contributed by atoms with Crippen molar-refractivity contribution < 1.29 is 0 Å². The van der Waals surface area contributed by atoms with Crippen LogP contribution in [0.4, 0.5) is 5.69 Å². The van der Waals surface area contributed by atoms with Gasteiger partial charge in [-0.25, -0.2) is 4.79 Å². The third-order valence-corrected chi connectivity index (χ3v) is 3.97. The minimum atomic E-state index is -0.198. The molecule has 0 aliphatic heterocycles. The Kier molecular flexibility index (Phi) is 3.59. The van der Waals surface area contributed by atoms with E-state index in [1.54, 1.807) is 6.20 Å². The maximum Gasteiger partial charge on any atom is 0.323 e. The molecule has 4 rings (SSSR count). The summed E-state index contributed by atoms with van der Waals surface area (Å²) < 4.78 is 0. The van der Waals surface area contributed by atoms with E-state index >= 15 is 0 Å². The number of aromatic amines is 2. The van der Waals surface area contributed by atoms with Crippen LogP contribution in [-0.2, 0) is 6.54 Å². The number of hydrogen-bond donors (Lipinski definition) is 3. The van der Waals surface area contributed by atoms with Gasteiger partial charge in [-0.05, 0) is 29.3 Å². The first-order chi connectivity index (χ1) is 11.8. The van der Waals surface area contributed by atoms with Crippen LogP contribution in [0.15, 0.2) is 71.8 Å². The molecule has 0 fully saturated rings. The van der Waals surface area contributed by atoms with E-state index in [4.69, 9.17) is 0 Å². The van der Waals surface area contributed by atoms with Crippen LogP contribution in [0.5, 0.6) is 0 Å². The molecule has 0 amide bonds. The van der Waals surface area contributed by atoms with Crippen LogP contribution in [0.3, 0.4) is 0 Å². The number of pyridine rings is 1. The van der Waals surface area contributed by atoms with E-state index in [0.29, 0.717) is 0 Å². The van der Waals surface area contributed by atoms with Gasteiger partial charge in [-0.3, -0.25) is 4.98 Å². The normalized spacial score (nSPS) is 10.8. The number of fused-ring (bicyclic) bond motifs is 1. The van der Waals surface area contributed by atoms with Crippen molar-refractivity contribution >= 4 is 16.7 Å². The number of H-pyrrole nitrogens is 2. The van der Waals surface area contributed by atoms with Gasteiger partial charge in [-0.2, -0.15) is 0 Å². The van der Waals surface area contributed by atoms with Gasteiger partial charge in [0.1, 0.15) is 0 Å². The monoisotopic (exact) mass is 316 g/mol. The third-order valence-electron chi connectivity index (χ3n) is 3.97. The summed E-state index contributed by atoms with van der Waals surface area (Å²) in [4.78, 5) is 21.2. The molecule has 0 aliphatic rings. The molecule has 0 bridgehead atoms. The van der Waals surface area contributed by atoms with Gasteiger partial charge in [0.05, 0.1) is 11.0 Å². The van der Waals surface area contributed by atoms with Crippen molar-refractivity contribution in [3.05, 3.63) is 83.0 Å². The molecule has 0 aliphatic carbocycles. The van der Waals surface area contributed by atoms with Crippen molar-refractivity contribution in [1.82, 2.24) is 15.0 Å². The fraction of sp³-hybridized carbons (Fsp3) is 0.0526. The zero-order valence-electron chi connectivity index (χ0n) is 12.9. The first-order valence-electron chi connectivity index (χ1n) is 7.74. The van der Waals surface area contributed by atoms with Gasteiger partial charge in [0.15, 0.2) is 0 Å². The highest BCUT2D eigenvalue weighted by atomic mass is 16.1. The van der Waals surface area contributed by atoms with Crippen molar-refractivity contribution in [3.8, 4) is 11.1 Å². The van der Waals surface area contributed by atoms with E-state index in [-0.39, 0.29) is 5.69 Å². The summed E-state index contributed by atoms with van der Waals surface area (Å²) in [5.41, 5.74) is 5.60. The Hall–Kier alpha value is -3.34. The van der Waals surface area contributed by atoms with Crippen LogP contribution in [0, 0.1) is 0 Å². The maximum atomic E-state index is 11.4. The third kappa shape index (κ3) is 2.79. The van der Waals surface area contributed by atoms with Crippen LogP contribution in [-0.4, -0.2) is 15.0 Å². The van der Waals surface area contributed by atoms with E-state index in [1.807, 2.05) is 48.7 Å². The highest BCUT2D eigenvalue weighted by Gasteiger charge is 2.07. The van der Waals surface area contributed by atoms with Crippen LogP contribution < -0.4 is 11.0 Å². The molecule has 3 N–H and O–H groups in total. The standard InChI is InChI=1S/C19H16N4O/c24-19-22-17-7-6-14(10-18(17)23-19)15-12-20-9-8-16(15)21-11-13-4-2-1-3-5-13/h1-10,12H,11H2,(H,20,21)(H2,22,23,24). The minimum Gasteiger partial charge on any atom is -0.380 e. The number of nitrogens with zero attached hydrogens (tertiary/aromatic N) is 1. The maximum absolute atomic E-state index is 11.4. The molecule has 4 aromatic rings. The predicted octanol–water partition coefficient (Wildman–Crippen LogP) is 3.53. The molecule has 2 aromatic carbocycles. The number of nitrogens with one attached hydrogen (secondary N) is 3. The molecule has 0 spiro atoms. The average molecular weight is 316 g/mol. The predicted molar refractivity (Wildman–Crippen MR) is 95.9 cm³/mol. The lowest BCUT2D eigenvalue weighted by atomic mass is 10.0. The van der Waals surface area contributed by atoms with Gasteiger partial charge in [-0.15, -0.1) is 0 Å². The van der Waals surface area contributed by atoms with Gasteiger partial charge >= 0.3 is 5.69 Å². The van der Waals surface area contributed by atoms with E-state index in [9.17, 15) is 4.79 Å². The molecule has 0 unspecified atom stereocenters. The molecule has 5 nitrogen and oxygen atoms in total. The van der Waals surface area contributed by atoms with E-state index < -0.39 is 0 Å². The lowest BCUT2D eigenvalue weighted by molar-refractivity contribution is 1.14. The molecule has 2 heterocycles. The summed E-state index contributed by atoms with van der Waals surface area (Å²) in [5.74, 6) is 0. The topological polar surface area (TPSA) is 73.6 Å². The van der Waals surface area contributed by atoms with Crippen molar-refractivity contribution in [1.29, 1.82) is 0 Å². The Labute approximate surface area is 138 Å². The zero-order chi connectivity index (χ0) is 16.4. The highest BCUT2D eigenvalue weighted by molar-refractivity contribution is 5.85. The lowest BCUT2D eigenvalue weighted by Crippen LogP contribution is -2.01. The number of anilines is 1. The van der Waals surface area contributed by atoms with Crippen molar-refractivity contribution in [2.24, 2.45) is 0 Å². The number of aromatic nitrogens is 3. The Morgan fingerprint density at radius 1 is 0.958 bits per heavy atom. The Balaban J connectivity index is 1.68. The molecular formula is C19H16N4O. The largest absolute Gasteiger partial charge is 0.380 e. The van der Waals surface area contributed by atoms with Crippen molar-refractivity contribution in [2.45, 2.75) is 6.54 Å². The molecule has 5 heteroatoms. The Morgan fingerprint density at radius 2 is 1.79 bits per heavy atom. The number of imidazole rings is 1. The Morgan fingerprint density at radius 3 is 2.67 bits per heavy atom. The smallest absolute Gasteiger partial charge is 0.323 e. The summed E-state index contributed by atoms with van der Waals surface area (Å²) in [6.07, 6.45) is 3.60. The van der Waals surface area contributed by atoms with Gasteiger partial charge in [0.2, 0.25) is 0 Å². The molecular weight excluding hydrogens is 300 g/mol. The summed E-state index contributed by atoms with van der Waals surface area (Å²) in [7, 11) is 0. The molecule has 0 saturated carbocycles. The van der Waals surface area contributed by atoms with Crippen molar-refractivity contribution in [3.63, 3.8) is 0 Å². The van der Waals surface area contributed by atoms with Gasteiger partial charge in [0.25, 0.3) is 0 Å². The summed E-state index contributed by atoms with van der Waals surface area (Å²) in [6, 6.07) is 18.0. The molecule has 0 radical (unpaired) electrons. The fourth-order valence-electron chi connectivity index (χ4n) is 2.77. The highest BCUT2D eigenvalue weighted by Crippen LogP contribution is 2.28. The first kappa shape index (κ1) is 14.3. The zero-order valence-corrected chi connectivity index (χ0v) is 12.9. The SMILES string of the molecule is O=c1[nH]c2ccc(-c3cnccc3NCc3ccccc3)cc2[nH]1. The van der Waals surface area contributed by atoms with E-state index in [0.717, 1.165) is 34.4 Å². The van der Waals surface area contributed by atoms with Gasteiger partial charge < -0.3 is 15.3 Å². The van der Waals surface area contributed by atoms with Crippen LogP contribution in [0.1, 0.15) is 5.56 Å². The fourth-order valence-corrected chi connectivity index (χ4v) is 2.77. The lowest BCUT2D eigenvalue weighted by Gasteiger charge is -2.12. The molecule has 0 atom stereocenters. The molecule has 2 aromatic heterocycles. The molecule has 24 heavy (non-hydrogen) atoms. The van der Waals surface area contributed by atoms with E-state index in [2.05, 4.69) is 32.4 Å².